The summed E-state index contributed by atoms with van der Waals surface area (Å²) in [5.74, 6) is 0. The van der Waals surface area contributed by atoms with E-state index in [1.54, 1.807) is 0 Å². The molecule has 6 heteroatoms. The molecule has 0 radical (unpaired) electrons. The van der Waals surface area contributed by atoms with Crippen molar-refractivity contribution >= 4 is 0 Å². The largest absolute Gasteiger partial charge is 0.374 e. The Morgan fingerprint density at radius 1 is 1.58 bits per heavy atom. The van der Waals surface area contributed by atoms with Gasteiger partial charge >= 0.3 is 0 Å². The van der Waals surface area contributed by atoms with E-state index in [1.165, 1.54) is 24.4 Å². The van der Waals surface area contributed by atoms with Crippen LogP contribution >= 0.6 is 0 Å². The fourth-order valence-corrected chi connectivity index (χ4v) is 0.768. The molecule has 0 fully saturated rings. The van der Waals surface area contributed by atoms with E-state index in [0.717, 1.165) is 0 Å². The van der Waals surface area contributed by atoms with E-state index in [0.29, 0.717) is 0 Å². The van der Waals surface area contributed by atoms with Crippen LogP contribution in [0.1, 0.15) is 0 Å². The Labute approximate surface area is 68.2 Å². The van der Waals surface area contributed by atoms with Gasteiger partial charge in [0.25, 0.3) is 6.43 Å². The highest BCUT2D eigenvalue weighted by Crippen LogP contribution is 2.06. The predicted molar refractivity (Wildman–Crippen MR) is 36.8 cm³/mol. The Balaban J connectivity index is 2.48. The second-order valence-electron chi connectivity index (χ2n) is 2.23. The van der Waals surface area contributed by atoms with Crippen molar-refractivity contribution in [2.45, 2.75) is 19.1 Å². The van der Waals surface area contributed by atoms with E-state index in [9.17, 15) is 8.78 Å². The van der Waals surface area contributed by atoms with E-state index in [1.807, 2.05) is 0 Å². The molecule has 0 amide bonds. The van der Waals surface area contributed by atoms with Crippen molar-refractivity contribution in [3.8, 4) is 0 Å². The average Bonchev–Trinajstić information content (AvgIpc) is 2.51. The van der Waals surface area contributed by atoms with Gasteiger partial charge < -0.3 is 4.74 Å². The molecule has 1 unspecified atom stereocenters. The predicted octanol–water partition coefficient (Wildman–Crippen LogP) is 0.558. The van der Waals surface area contributed by atoms with Crippen molar-refractivity contribution in [1.29, 1.82) is 0 Å². The van der Waals surface area contributed by atoms with Crippen molar-refractivity contribution in [1.82, 2.24) is 14.8 Å². The Morgan fingerprint density at radius 2 is 2.33 bits per heavy atom. The normalized spacial score (nSPS) is 13.7. The third kappa shape index (κ3) is 2.23. The van der Waals surface area contributed by atoms with Gasteiger partial charge in [0.1, 0.15) is 18.8 Å². The molecule has 0 bridgehead atoms. The van der Waals surface area contributed by atoms with E-state index in [4.69, 9.17) is 0 Å². The quantitative estimate of drug-likeness (QED) is 0.674. The molecule has 1 heterocycles. The highest BCUT2D eigenvalue weighted by molar-refractivity contribution is 4.63. The van der Waals surface area contributed by atoms with Crippen LogP contribution in [0.3, 0.4) is 0 Å². The first-order valence-electron chi connectivity index (χ1n) is 3.37. The summed E-state index contributed by atoms with van der Waals surface area (Å²) in [4.78, 5) is 3.62. The van der Waals surface area contributed by atoms with Crippen molar-refractivity contribution < 1.29 is 13.5 Å². The number of methoxy groups -OCH3 is 1. The summed E-state index contributed by atoms with van der Waals surface area (Å²) >= 11 is 0. The Hall–Kier alpha value is -1.04. The van der Waals surface area contributed by atoms with Crippen LogP contribution < -0.4 is 0 Å². The first-order valence-corrected chi connectivity index (χ1v) is 3.37. The molecule has 0 aliphatic heterocycles. The molecule has 4 nitrogen and oxygen atoms in total. The second kappa shape index (κ2) is 4.10. The van der Waals surface area contributed by atoms with Crippen LogP contribution in [-0.2, 0) is 11.3 Å². The van der Waals surface area contributed by atoms with E-state index >= 15 is 0 Å². The lowest BCUT2D eigenvalue weighted by Crippen LogP contribution is -2.26. The first-order chi connectivity index (χ1) is 5.74. The summed E-state index contributed by atoms with van der Waals surface area (Å²) in [6, 6.07) is 0. The Morgan fingerprint density at radius 3 is 2.75 bits per heavy atom. The zero-order chi connectivity index (χ0) is 8.97. The number of hydrogen-bond donors (Lipinski definition) is 0. The molecule has 0 aliphatic rings. The molecule has 12 heavy (non-hydrogen) atoms. The van der Waals surface area contributed by atoms with Crippen LogP contribution in [-0.4, -0.2) is 34.4 Å². The standard InChI is InChI=1S/C6H9F2N3O/c1-12-5(6(7)8)2-11-4-9-3-10-11/h3-6H,2H2,1H3. The molecular formula is C6H9F2N3O. The zero-order valence-electron chi connectivity index (χ0n) is 6.52. The van der Waals surface area contributed by atoms with Gasteiger partial charge in [-0.05, 0) is 0 Å². The molecule has 1 atom stereocenters. The fourth-order valence-electron chi connectivity index (χ4n) is 0.768. The lowest BCUT2D eigenvalue weighted by atomic mass is 10.4. The summed E-state index contributed by atoms with van der Waals surface area (Å²) in [5.41, 5.74) is 0. The molecule has 0 aromatic carbocycles. The van der Waals surface area contributed by atoms with Crippen LogP contribution in [0.15, 0.2) is 12.7 Å². The van der Waals surface area contributed by atoms with E-state index in [-0.39, 0.29) is 6.54 Å². The number of halogens is 2. The molecule has 0 saturated heterocycles. The van der Waals surface area contributed by atoms with Crippen molar-refractivity contribution in [3.05, 3.63) is 12.7 Å². The van der Waals surface area contributed by atoms with Crippen LogP contribution in [0.25, 0.3) is 0 Å². The van der Waals surface area contributed by atoms with Crippen LogP contribution in [0.5, 0.6) is 0 Å². The number of nitrogens with zero attached hydrogens (tertiary/aromatic N) is 3. The summed E-state index contributed by atoms with van der Waals surface area (Å²) in [7, 11) is 1.24. The third-order valence-corrected chi connectivity index (χ3v) is 1.42. The topological polar surface area (TPSA) is 39.9 Å². The Bertz CT molecular complexity index is 215. The van der Waals surface area contributed by atoms with Crippen LogP contribution in [0.4, 0.5) is 8.78 Å². The van der Waals surface area contributed by atoms with Gasteiger partial charge in [-0.25, -0.2) is 13.8 Å². The van der Waals surface area contributed by atoms with Crippen LogP contribution in [0, 0.1) is 0 Å². The SMILES string of the molecule is COC(Cn1cncn1)C(F)F. The molecule has 1 aromatic heterocycles. The van der Waals surface area contributed by atoms with Gasteiger partial charge in [-0.15, -0.1) is 0 Å². The Kier molecular flexibility index (Phi) is 3.09. The maximum atomic E-state index is 12.1. The number of ether oxygens (including phenoxy) is 1. The average molecular weight is 177 g/mol. The van der Waals surface area contributed by atoms with Crippen molar-refractivity contribution in [2.75, 3.05) is 7.11 Å². The highest BCUT2D eigenvalue weighted by atomic mass is 19.3. The molecule has 0 aliphatic carbocycles. The minimum atomic E-state index is -2.50. The highest BCUT2D eigenvalue weighted by Gasteiger charge is 2.20. The molecule has 0 spiro atoms. The van der Waals surface area contributed by atoms with E-state index < -0.39 is 12.5 Å². The molecular weight excluding hydrogens is 168 g/mol. The lowest BCUT2D eigenvalue weighted by molar-refractivity contribution is -0.0425. The maximum Gasteiger partial charge on any atom is 0.266 e. The fraction of sp³-hybridized carbons (Fsp3) is 0.667. The lowest BCUT2D eigenvalue weighted by Gasteiger charge is -2.12. The van der Waals surface area contributed by atoms with E-state index in [2.05, 4.69) is 14.8 Å². The molecule has 1 aromatic rings. The number of aromatic nitrogens is 3. The molecule has 68 valence electrons. The minimum Gasteiger partial charge on any atom is -0.374 e. The summed E-state index contributed by atoms with van der Waals surface area (Å²) < 4.78 is 30.1. The van der Waals surface area contributed by atoms with Gasteiger partial charge in [0, 0.05) is 7.11 Å². The number of hydrogen-bond acceptors (Lipinski definition) is 3. The molecule has 1 rings (SSSR count). The van der Waals surface area contributed by atoms with Crippen molar-refractivity contribution in [2.24, 2.45) is 0 Å². The summed E-state index contributed by atoms with van der Waals surface area (Å²) in [6.45, 7) is 0.0220. The van der Waals surface area contributed by atoms with Gasteiger partial charge in [-0.2, -0.15) is 5.10 Å². The smallest absolute Gasteiger partial charge is 0.266 e. The van der Waals surface area contributed by atoms with Gasteiger partial charge in [-0.3, -0.25) is 4.68 Å². The first kappa shape index (κ1) is 9.05. The van der Waals surface area contributed by atoms with Crippen LogP contribution in [0.2, 0.25) is 0 Å². The van der Waals surface area contributed by atoms with Gasteiger partial charge in [-0.1, -0.05) is 0 Å². The maximum absolute atomic E-state index is 12.1. The number of alkyl halides is 2. The minimum absolute atomic E-state index is 0.0220. The summed E-state index contributed by atoms with van der Waals surface area (Å²) in [5, 5.41) is 3.68. The summed E-state index contributed by atoms with van der Waals surface area (Å²) in [6.07, 6.45) is -0.960. The zero-order valence-corrected chi connectivity index (χ0v) is 6.52. The van der Waals surface area contributed by atoms with Gasteiger partial charge in [0.2, 0.25) is 0 Å². The van der Waals surface area contributed by atoms with Gasteiger partial charge in [0.15, 0.2) is 0 Å². The van der Waals surface area contributed by atoms with Crippen molar-refractivity contribution in [3.63, 3.8) is 0 Å². The molecule has 0 saturated carbocycles. The van der Waals surface area contributed by atoms with Gasteiger partial charge in [0.05, 0.1) is 6.54 Å². The number of rotatable bonds is 4. The second-order valence-corrected chi connectivity index (χ2v) is 2.23. The monoisotopic (exact) mass is 177 g/mol. The third-order valence-electron chi connectivity index (χ3n) is 1.42. The molecule has 0 N–H and O–H groups in total.